The number of amides is 2. The first-order chi connectivity index (χ1) is 10.8. The fourth-order valence-electron chi connectivity index (χ4n) is 3.65. The molecule has 2 amide bonds. The highest BCUT2D eigenvalue weighted by Gasteiger charge is 2.44. The highest BCUT2D eigenvalue weighted by molar-refractivity contribution is 5.90. The molecule has 1 aromatic carbocycles. The Balaban J connectivity index is 1.41. The molecule has 114 valence electrons. The molecule has 2 unspecified atom stereocenters. The average molecular weight is 296 g/mol. The van der Waals surface area contributed by atoms with E-state index in [1.165, 1.54) is 12.8 Å². The van der Waals surface area contributed by atoms with Crippen molar-refractivity contribution < 1.29 is 4.79 Å². The van der Waals surface area contributed by atoms with Gasteiger partial charge in [-0.3, -0.25) is 4.68 Å². The van der Waals surface area contributed by atoms with Crippen LogP contribution >= 0.6 is 0 Å². The number of anilines is 1. The lowest BCUT2D eigenvalue weighted by molar-refractivity contribution is 0.0797. The van der Waals surface area contributed by atoms with Crippen molar-refractivity contribution in [3.05, 3.63) is 48.3 Å². The fourth-order valence-corrected chi connectivity index (χ4v) is 3.65. The van der Waals surface area contributed by atoms with E-state index in [0.29, 0.717) is 12.6 Å². The number of hydrogen-bond donors (Lipinski definition) is 1. The van der Waals surface area contributed by atoms with Gasteiger partial charge in [-0.2, -0.15) is 5.10 Å². The maximum atomic E-state index is 12.4. The second-order valence-electron chi connectivity index (χ2n) is 6.24. The first kappa shape index (κ1) is 13.4. The number of hydrogen-bond acceptors (Lipinski definition) is 2. The molecule has 5 nitrogen and oxygen atoms in total. The summed E-state index contributed by atoms with van der Waals surface area (Å²) in [4.78, 5) is 14.3. The first-order valence-corrected chi connectivity index (χ1v) is 7.93. The van der Waals surface area contributed by atoms with Crippen LogP contribution in [0.15, 0.2) is 42.7 Å². The number of urea groups is 1. The van der Waals surface area contributed by atoms with Gasteiger partial charge in [0.05, 0.1) is 6.54 Å². The van der Waals surface area contributed by atoms with Gasteiger partial charge in [0.25, 0.3) is 0 Å². The van der Waals surface area contributed by atoms with Crippen LogP contribution in [0, 0.1) is 5.92 Å². The number of benzene rings is 1. The molecule has 2 aromatic rings. The maximum Gasteiger partial charge on any atom is 0.322 e. The summed E-state index contributed by atoms with van der Waals surface area (Å²) < 4.78 is 1.87. The Morgan fingerprint density at radius 1 is 1.32 bits per heavy atom. The predicted molar refractivity (Wildman–Crippen MR) is 84.6 cm³/mol. The molecule has 1 aliphatic carbocycles. The van der Waals surface area contributed by atoms with Crippen molar-refractivity contribution in [2.75, 3.05) is 11.9 Å². The van der Waals surface area contributed by atoms with Crippen molar-refractivity contribution in [1.29, 1.82) is 0 Å². The number of aromatic nitrogens is 2. The third kappa shape index (κ3) is 2.47. The third-order valence-electron chi connectivity index (χ3n) is 4.79. The molecule has 1 aromatic heterocycles. The van der Waals surface area contributed by atoms with E-state index in [2.05, 4.69) is 10.4 Å². The Morgan fingerprint density at radius 3 is 3.09 bits per heavy atom. The average Bonchev–Trinajstić information content (AvgIpc) is 3.10. The molecule has 2 fully saturated rings. The fraction of sp³-hybridized carbons (Fsp3) is 0.412. The van der Waals surface area contributed by atoms with Gasteiger partial charge >= 0.3 is 6.03 Å². The van der Waals surface area contributed by atoms with Crippen LogP contribution in [-0.4, -0.2) is 33.3 Å². The number of likely N-dealkylation sites (tertiary alicyclic amines) is 1. The lowest BCUT2D eigenvalue weighted by Gasteiger charge is -2.44. The van der Waals surface area contributed by atoms with E-state index in [9.17, 15) is 4.79 Å². The molecular weight excluding hydrogens is 276 g/mol. The molecule has 0 radical (unpaired) electrons. The van der Waals surface area contributed by atoms with Crippen molar-refractivity contribution in [2.24, 2.45) is 5.92 Å². The minimum absolute atomic E-state index is 0.0411. The second-order valence-corrected chi connectivity index (χ2v) is 6.24. The molecule has 0 bridgehead atoms. The number of fused-ring (bicyclic) bond motifs is 1. The third-order valence-corrected chi connectivity index (χ3v) is 4.79. The number of carbonyl (C=O) groups is 1. The van der Waals surface area contributed by atoms with Gasteiger partial charge in [0, 0.05) is 30.7 Å². The highest BCUT2D eigenvalue weighted by Crippen LogP contribution is 2.39. The van der Waals surface area contributed by atoms with Gasteiger partial charge in [-0.15, -0.1) is 0 Å². The van der Waals surface area contributed by atoms with E-state index in [0.717, 1.165) is 30.1 Å². The van der Waals surface area contributed by atoms with Gasteiger partial charge < -0.3 is 10.2 Å². The van der Waals surface area contributed by atoms with Crippen molar-refractivity contribution >= 4 is 11.7 Å². The van der Waals surface area contributed by atoms with E-state index in [4.69, 9.17) is 0 Å². The molecule has 5 heteroatoms. The smallest absolute Gasteiger partial charge is 0.321 e. The molecule has 2 aliphatic rings. The van der Waals surface area contributed by atoms with Crippen LogP contribution in [0.2, 0.25) is 0 Å². The van der Waals surface area contributed by atoms with Gasteiger partial charge in [0.2, 0.25) is 0 Å². The Labute approximate surface area is 129 Å². The van der Waals surface area contributed by atoms with E-state index < -0.39 is 0 Å². The van der Waals surface area contributed by atoms with Crippen LogP contribution < -0.4 is 5.32 Å². The van der Waals surface area contributed by atoms with Crippen LogP contribution in [0.3, 0.4) is 0 Å². The van der Waals surface area contributed by atoms with E-state index in [1.54, 1.807) is 6.20 Å². The lowest BCUT2D eigenvalue weighted by Crippen LogP contribution is -2.57. The van der Waals surface area contributed by atoms with Crippen LogP contribution in [0.25, 0.3) is 0 Å². The highest BCUT2D eigenvalue weighted by atomic mass is 16.2. The zero-order valence-corrected chi connectivity index (χ0v) is 12.5. The molecule has 2 heterocycles. The summed E-state index contributed by atoms with van der Waals surface area (Å²) in [6.07, 6.45) is 7.42. The first-order valence-electron chi connectivity index (χ1n) is 7.93. The van der Waals surface area contributed by atoms with Gasteiger partial charge in [-0.1, -0.05) is 18.6 Å². The summed E-state index contributed by atoms with van der Waals surface area (Å²) in [5, 5.41) is 7.24. The summed E-state index contributed by atoms with van der Waals surface area (Å²) in [6.45, 7) is 1.63. The number of nitrogens with zero attached hydrogens (tertiary/aromatic N) is 3. The Bertz CT molecular complexity index is 667. The molecule has 1 N–H and O–H groups in total. The van der Waals surface area contributed by atoms with Crippen molar-refractivity contribution in [3.63, 3.8) is 0 Å². The van der Waals surface area contributed by atoms with Gasteiger partial charge in [-0.05, 0) is 42.5 Å². The van der Waals surface area contributed by atoms with Crippen LogP contribution in [-0.2, 0) is 6.54 Å². The molecule has 2 atom stereocenters. The van der Waals surface area contributed by atoms with Crippen molar-refractivity contribution in [3.8, 4) is 0 Å². The Hall–Kier alpha value is -2.30. The number of rotatable bonds is 3. The van der Waals surface area contributed by atoms with Gasteiger partial charge in [0.1, 0.15) is 0 Å². The zero-order valence-electron chi connectivity index (χ0n) is 12.5. The molecule has 1 saturated carbocycles. The van der Waals surface area contributed by atoms with Crippen LogP contribution in [0.5, 0.6) is 0 Å². The number of carbonyl (C=O) groups excluding carboxylic acids is 1. The monoisotopic (exact) mass is 296 g/mol. The lowest BCUT2D eigenvalue weighted by atomic mass is 9.92. The van der Waals surface area contributed by atoms with Crippen LogP contribution in [0.1, 0.15) is 24.8 Å². The van der Waals surface area contributed by atoms with E-state index >= 15 is 0 Å². The van der Waals surface area contributed by atoms with Crippen molar-refractivity contribution in [2.45, 2.75) is 31.8 Å². The molecule has 4 rings (SSSR count). The summed E-state index contributed by atoms with van der Waals surface area (Å²) in [5.74, 6) is 0.747. The molecule has 22 heavy (non-hydrogen) atoms. The van der Waals surface area contributed by atoms with Crippen molar-refractivity contribution in [1.82, 2.24) is 14.7 Å². The van der Waals surface area contributed by atoms with Gasteiger partial charge in [0.15, 0.2) is 0 Å². The second kappa shape index (κ2) is 5.48. The summed E-state index contributed by atoms with van der Waals surface area (Å²) in [6, 6.07) is 10.4. The zero-order chi connectivity index (χ0) is 14.9. The topological polar surface area (TPSA) is 50.2 Å². The normalized spacial score (nSPS) is 23.0. The molecular formula is C17H20N4O. The SMILES string of the molecule is O=C(Nc1cccc(Cn2cccn2)c1)N1CC2CCCC21. The van der Waals surface area contributed by atoms with Gasteiger partial charge in [-0.25, -0.2) is 4.79 Å². The van der Waals surface area contributed by atoms with Crippen LogP contribution in [0.4, 0.5) is 10.5 Å². The quantitative estimate of drug-likeness (QED) is 0.946. The minimum Gasteiger partial charge on any atom is -0.321 e. The van der Waals surface area contributed by atoms with E-state index in [1.807, 2.05) is 46.1 Å². The maximum absolute atomic E-state index is 12.4. The largest absolute Gasteiger partial charge is 0.322 e. The molecule has 1 aliphatic heterocycles. The predicted octanol–water partition coefficient (Wildman–Crippen LogP) is 2.95. The Morgan fingerprint density at radius 2 is 2.27 bits per heavy atom. The minimum atomic E-state index is 0.0411. The van der Waals surface area contributed by atoms with E-state index in [-0.39, 0.29) is 6.03 Å². The number of nitrogens with one attached hydrogen (secondary N) is 1. The Kier molecular flexibility index (Phi) is 3.33. The standard InChI is InChI=1S/C17H20N4O/c22-17(21-12-14-5-2-7-16(14)21)19-15-6-1-4-13(10-15)11-20-9-3-8-18-20/h1,3-4,6,8-10,14,16H,2,5,7,11-12H2,(H,19,22). The summed E-state index contributed by atoms with van der Waals surface area (Å²) in [7, 11) is 0. The molecule has 1 saturated heterocycles. The molecule has 0 spiro atoms. The summed E-state index contributed by atoms with van der Waals surface area (Å²) >= 11 is 0. The summed E-state index contributed by atoms with van der Waals surface area (Å²) in [5.41, 5.74) is 1.99.